The first kappa shape index (κ1) is 20.8. The molecule has 0 spiro atoms. The molecule has 0 unspecified atom stereocenters. The third-order valence-electron chi connectivity index (χ3n) is 3.52. The summed E-state index contributed by atoms with van der Waals surface area (Å²) in [4.78, 5) is 23.7. The lowest BCUT2D eigenvalue weighted by atomic mass is 10.1. The summed E-state index contributed by atoms with van der Waals surface area (Å²) in [5, 5.41) is 13.5. The number of thiophene rings is 1. The Morgan fingerprint density at radius 1 is 1.14 bits per heavy atom. The SMILES string of the molecule is COc1cc(OC)c(OC)cc1/C=C/C(=O)OCC(=O)Nc1sccc1C#N. The Kier molecular flexibility index (Phi) is 7.42. The smallest absolute Gasteiger partial charge is 0.331 e. The predicted octanol–water partition coefficient (Wildman–Crippen LogP) is 2.84. The minimum Gasteiger partial charge on any atom is -0.496 e. The molecule has 2 rings (SSSR count). The highest BCUT2D eigenvalue weighted by Crippen LogP contribution is 2.35. The Labute approximate surface area is 165 Å². The highest BCUT2D eigenvalue weighted by molar-refractivity contribution is 7.14. The van der Waals surface area contributed by atoms with Gasteiger partial charge in [-0.3, -0.25) is 4.79 Å². The van der Waals surface area contributed by atoms with Crippen LogP contribution in [0.5, 0.6) is 17.2 Å². The summed E-state index contributed by atoms with van der Waals surface area (Å²) in [6, 6.07) is 6.82. The van der Waals surface area contributed by atoms with Crippen molar-refractivity contribution in [3.8, 4) is 23.3 Å². The Bertz CT molecular complexity index is 929. The maximum atomic E-state index is 11.9. The molecule has 0 aliphatic carbocycles. The minimum absolute atomic E-state index is 0.352. The molecule has 146 valence electrons. The van der Waals surface area contributed by atoms with Crippen LogP contribution in [-0.2, 0) is 14.3 Å². The average Bonchev–Trinajstić information content (AvgIpc) is 3.16. The van der Waals surface area contributed by atoms with Gasteiger partial charge in [-0.2, -0.15) is 5.26 Å². The topological polar surface area (TPSA) is 107 Å². The highest BCUT2D eigenvalue weighted by Gasteiger charge is 2.12. The number of carbonyl (C=O) groups excluding carboxylic acids is 2. The zero-order valence-corrected chi connectivity index (χ0v) is 16.3. The van der Waals surface area contributed by atoms with E-state index >= 15 is 0 Å². The van der Waals surface area contributed by atoms with Gasteiger partial charge in [-0.25, -0.2) is 4.79 Å². The van der Waals surface area contributed by atoms with E-state index in [2.05, 4.69) is 5.32 Å². The first-order chi connectivity index (χ1) is 13.5. The summed E-state index contributed by atoms with van der Waals surface area (Å²) in [5.74, 6) is 0.185. The van der Waals surface area contributed by atoms with Crippen molar-refractivity contribution in [1.82, 2.24) is 0 Å². The molecule has 1 aromatic carbocycles. The minimum atomic E-state index is -0.710. The van der Waals surface area contributed by atoms with Gasteiger partial charge in [0.1, 0.15) is 16.8 Å². The molecule has 1 N–H and O–H groups in total. The van der Waals surface area contributed by atoms with E-state index in [9.17, 15) is 9.59 Å². The number of methoxy groups -OCH3 is 3. The van der Waals surface area contributed by atoms with Crippen molar-refractivity contribution in [2.45, 2.75) is 0 Å². The number of hydrogen-bond acceptors (Lipinski definition) is 8. The third kappa shape index (κ3) is 5.25. The van der Waals surface area contributed by atoms with E-state index in [-0.39, 0.29) is 0 Å². The van der Waals surface area contributed by atoms with Crippen LogP contribution in [0.25, 0.3) is 6.08 Å². The molecule has 8 nitrogen and oxygen atoms in total. The van der Waals surface area contributed by atoms with Gasteiger partial charge >= 0.3 is 5.97 Å². The summed E-state index contributed by atoms with van der Waals surface area (Å²) in [5.41, 5.74) is 0.920. The number of benzene rings is 1. The molecule has 1 heterocycles. The molecule has 1 amide bonds. The number of nitrogens with zero attached hydrogens (tertiary/aromatic N) is 1. The number of nitrogens with one attached hydrogen (secondary N) is 1. The van der Waals surface area contributed by atoms with Gasteiger partial charge < -0.3 is 24.3 Å². The van der Waals surface area contributed by atoms with E-state index in [4.69, 9.17) is 24.2 Å². The second-order valence-electron chi connectivity index (χ2n) is 5.21. The average molecular weight is 402 g/mol. The maximum absolute atomic E-state index is 11.9. The molecule has 28 heavy (non-hydrogen) atoms. The van der Waals surface area contributed by atoms with Crippen LogP contribution in [0.2, 0.25) is 0 Å². The molecule has 0 fully saturated rings. The van der Waals surface area contributed by atoms with E-state index in [0.29, 0.717) is 33.4 Å². The van der Waals surface area contributed by atoms with Gasteiger partial charge in [0.15, 0.2) is 18.1 Å². The molecule has 0 atom stereocenters. The molecule has 0 saturated heterocycles. The van der Waals surface area contributed by atoms with Gasteiger partial charge in [0, 0.05) is 17.7 Å². The van der Waals surface area contributed by atoms with Gasteiger partial charge in [-0.15, -0.1) is 11.3 Å². The van der Waals surface area contributed by atoms with Gasteiger partial charge in [0.25, 0.3) is 5.91 Å². The standard InChI is InChI=1S/C19H18N2O6S/c1-24-14-9-16(26-3)15(25-2)8-12(14)4-5-18(23)27-11-17(22)21-19-13(10-20)6-7-28-19/h4-9H,11H2,1-3H3,(H,21,22)/b5-4+. The fourth-order valence-corrected chi connectivity index (χ4v) is 2.94. The molecular formula is C19H18N2O6S. The largest absolute Gasteiger partial charge is 0.496 e. The van der Waals surface area contributed by atoms with Crippen molar-refractivity contribution in [3.05, 3.63) is 40.8 Å². The number of hydrogen-bond donors (Lipinski definition) is 1. The third-order valence-corrected chi connectivity index (χ3v) is 4.35. The summed E-state index contributed by atoms with van der Waals surface area (Å²) in [6.45, 7) is -0.477. The van der Waals surface area contributed by atoms with Crippen LogP contribution >= 0.6 is 11.3 Å². The number of nitriles is 1. The summed E-state index contributed by atoms with van der Waals surface area (Å²) >= 11 is 1.21. The van der Waals surface area contributed by atoms with Crippen LogP contribution in [-0.4, -0.2) is 39.8 Å². The molecule has 2 aromatic rings. The van der Waals surface area contributed by atoms with Gasteiger partial charge in [-0.1, -0.05) is 0 Å². The first-order valence-corrected chi connectivity index (χ1v) is 8.82. The van der Waals surface area contributed by atoms with Crippen molar-refractivity contribution in [2.75, 3.05) is 33.3 Å². The van der Waals surface area contributed by atoms with E-state index in [1.54, 1.807) is 23.6 Å². The number of ether oxygens (including phenoxy) is 4. The lowest BCUT2D eigenvalue weighted by Gasteiger charge is -2.12. The fourth-order valence-electron chi connectivity index (χ4n) is 2.18. The fraction of sp³-hybridized carbons (Fsp3) is 0.211. The molecule has 1 aromatic heterocycles. The van der Waals surface area contributed by atoms with Crippen LogP contribution in [0.3, 0.4) is 0 Å². The van der Waals surface area contributed by atoms with E-state index in [1.165, 1.54) is 44.8 Å². The van der Waals surface area contributed by atoms with E-state index in [0.717, 1.165) is 0 Å². The van der Waals surface area contributed by atoms with Gasteiger partial charge in [-0.05, 0) is 23.6 Å². The highest BCUT2D eigenvalue weighted by atomic mass is 32.1. The Hall–Kier alpha value is -3.51. The Balaban J connectivity index is 1.98. The second kappa shape index (κ2) is 9.99. The normalized spacial score (nSPS) is 10.2. The molecule has 0 radical (unpaired) electrons. The van der Waals surface area contributed by atoms with Crippen molar-refractivity contribution in [2.24, 2.45) is 0 Å². The van der Waals surface area contributed by atoms with Crippen LogP contribution in [0.15, 0.2) is 29.7 Å². The Morgan fingerprint density at radius 2 is 1.82 bits per heavy atom. The van der Waals surface area contributed by atoms with Crippen molar-refractivity contribution in [3.63, 3.8) is 0 Å². The molecule has 9 heteroatoms. The summed E-state index contributed by atoms with van der Waals surface area (Å²) in [6.07, 6.45) is 2.65. The number of amides is 1. The van der Waals surface area contributed by atoms with Gasteiger partial charge in [0.2, 0.25) is 0 Å². The van der Waals surface area contributed by atoms with Crippen LogP contribution in [0.4, 0.5) is 5.00 Å². The molecule has 0 aliphatic rings. The van der Waals surface area contributed by atoms with Crippen molar-refractivity contribution < 1.29 is 28.5 Å². The monoisotopic (exact) mass is 402 g/mol. The van der Waals surface area contributed by atoms with E-state index in [1.807, 2.05) is 6.07 Å². The number of anilines is 1. The first-order valence-electron chi connectivity index (χ1n) is 7.94. The van der Waals surface area contributed by atoms with Gasteiger partial charge in [0.05, 0.1) is 26.9 Å². The zero-order chi connectivity index (χ0) is 20.5. The molecule has 0 bridgehead atoms. The number of rotatable bonds is 8. The quantitative estimate of drug-likeness (QED) is 0.534. The Morgan fingerprint density at radius 3 is 2.46 bits per heavy atom. The molecule has 0 aliphatic heterocycles. The number of esters is 1. The van der Waals surface area contributed by atoms with Crippen molar-refractivity contribution in [1.29, 1.82) is 5.26 Å². The van der Waals surface area contributed by atoms with Crippen LogP contribution < -0.4 is 19.5 Å². The van der Waals surface area contributed by atoms with Crippen molar-refractivity contribution >= 4 is 34.3 Å². The lowest BCUT2D eigenvalue weighted by Crippen LogP contribution is -2.20. The van der Waals surface area contributed by atoms with Crippen LogP contribution in [0.1, 0.15) is 11.1 Å². The maximum Gasteiger partial charge on any atom is 0.331 e. The second-order valence-corrected chi connectivity index (χ2v) is 6.13. The van der Waals surface area contributed by atoms with E-state index < -0.39 is 18.5 Å². The predicted molar refractivity (Wildman–Crippen MR) is 104 cm³/mol. The number of carbonyl (C=O) groups is 2. The zero-order valence-electron chi connectivity index (χ0n) is 15.5. The lowest BCUT2D eigenvalue weighted by molar-refractivity contribution is -0.142. The molecule has 0 saturated carbocycles. The molecular weight excluding hydrogens is 384 g/mol. The van der Waals surface area contributed by atoms with Crippen LogP contribution in [0, 0.1) is 11.3 Å². The summed E-state index contributed by atoms with van der Waals surface area (Å²) < 4.78 is 20.6. The summed E-state index contributed by atoms with van der Waals surface area (Å²) in [7, 11) is 4.49.